The number of amides is 1. The van der Waals surface area contributed by atoms with Crippen molar-refractivity contribution in [2.45, 2.75) is 25.4 Å². The molecule has 0 fully saturated rings. The fourth-order valence-corrected chi connectivity index (χ4v) is 3.11. The Balaban J connectivity index is 1.74. The number of hydrogen-bond donors (Lipinski definition) is 0. The minimum absolute atomic E-state index is 0.0234. The molecule has 1 aliphatic heterocycles. The zero-order chi connectivity index (χ0) is 16.2. The van der Waals surface area contributed by atoms with Crippen LogP contribution < -0.4 is 4.90 Å². The molecule has 0 aliphatic carbocycles. The van der Waals surface area contributed by atoms with Crippen LogP contribution in [0.5, 0.6) is 0 Å². The van der Waals surface area contributed by atoms with E-state index in [1.807, 2.05) is 24.3 Å². The van der Waals surface area contributed by atoms with Gasteiger partial charge in [-0.25, -0.2) is 4.39 Å². The first-order valence-electron chi connectivity index (χ1n) is 7.86. The third-order valence-electron chi connectivity index (χ3n) is 4.34. The average Bonchev–Trinajstić information content (AvgIpc) is 2.59. The third kappa shape index (κ3) is 3.27. The molecule has 0 bridgehead atoms. The van der Waals surface area contributed by atoms with Crippen molar-refractivity contribution in [2.24, 2.45) is 0 Å². The van der Waals surface area contributed by atoms with Crippen molar-refractivity contribution in [2.75, 3.05) is 18.6 Å². The number of anilines is 1. The molecule has 2 aromatic carbocycles. The molecule has 120 valence electrons. The minimum Gasteiger partial charge on any atom is -0.377 e. The van der Waals surface area contributed by atoms with Crippen LogP contribution in [0.1, 0.15) is 30.1 Å². The Bertz CT molecular complexity index is 701. The van der Waals surface area contributed by atoms with Gasteiger partial charge in [0.2, 0.25) is 5.91 Å². The number of fused-ring (bicyclic) bond motifs is 1. The molecular weight excluding hydrogens is 293 g/mol. The van der Waals surface area contributed by atoms with E-state index >= 15 is 0 Å². The number of aryl methyl sites for hydroxylation is 1. The summed E-state index contributed by atoms with van der Waals surface area (Å²) in [5.41, 5.74) is 2.53. The van der Waals surface area contributed by atoms with E-state index in [1.54, 1.807) is 30.2 Å². The van der Waals surface area contributed by atoms with Gasteiger partial charge in [-0.15, -0.1) is 0 Å². The molecule has 3 rings (SSSR count). The van der Waals surface area contributed by atoms with Crippen molar-refractivity contribution in [3.63, 3.8) is 0 Å². The monoisotopic (exact) mass is 313 g/mol. The topological polar surface area (TPSA) is 29.5 Å². The van der Waals surface area contributed by atoms with Gasteiger partial charge < -0.3 is 9.64 Å². The number of para-hydroxylation sites is 1. The van der Waals surface area contributed by atoms with Gasteiger partial charge in [-0.2, -0.15) is 0 Å². The van der Waals surface area contributed by atoms with Gasteiger partial charge in [0.25, 0.3) is 0 Å². The molecule has 0 saturated carbocycles. The molecule has 1 aliphatic rings. The zero-order valence-electron chi connectivity index (χ0n) is 13.2. The van der Waals surface area contributed by atoms with E-state index in [9.17, 15) is 9.18 Å². The number of benzene rings is 2. The molecule has 0 aromatic heterocycles. The molecule has 0 spiro atoms. The average molecular weight is 313 g/mol. The largest absolute Gasteiger partial charge is 0.377 e. The summed E-state index contributed by atoms with van der Waals surface area (Å²) in [6.45, 7) is 0.631. The smallest absolute Gasteiger partial charge is 0.227 e. The first kappa shape index (κ1) is 15.7. The van der Waals surface area contributed by atoms with Crippen molar-refractivity contribution in [3.8, 4) is 0 Å². The Morgan fingerprint density at radius 1 is 1.22 bits per heavy atom. The Hall–Kier alpha value is -2.20. The lowest BCUT2D eigenvalue weighted by Crippen LogP contribution is -2.37. The van der Waals surface area contributed by atoms with Crippen LogP contribution in [0, 0.1) is 5.82 Å². The highest BCUT2D eigenvalue weighted by Crippen LogP contribution is 2.35. The van der Waals surface area contributed by atoms with Crippen LogP contribution in [0.2, 0.25) is 0 Å². The summed E-state index contributed by atoms with van der Waals surface area (Å²) in [6.07, 6.45) is 1.52. The van der Waals surface area contributed by atoms with Gasteiger partial charge in [0.05, 0.1) is 6.10 Å². The molecule has 2 aromatic rings. The second-order valence-corrected chi connectivity index (χ2v) is 5.71. The van der Waals surface area contributed by atoms with E-state index in [-0.39, 0.29) is 17.8 Å². The molecular formula is C19H20FNO2. The summed E-state index contributed by atoms with van der Waals surface area (Å²) in [5.74, 6) is -0.228. The molecule has 1 atom stereocenters. The number of halogens is 1. The van der Waals surface area contributed by atoms with Gasteiger partial charge in [0.1, 0.15) is 5.82 Å². The predicted octanol–water partition coefficient (Wildman–Crippen LogP) is 3.88. The highest BCUT2D eigenvalue weighted by atomic mass is 19.1. The molecule has 3 nitrogen and oxygen atoms in total. The third-order valence-corrected chi connectivity index (χ3v) is 4.34. The molecule has 0 N–H and O–H groups in total. The SMILES string of the molecule is COC1CCN(C(=O)CCc2ccccc2F)c2ccccc21. The van der Waals surface area contributed by atoms with Gasteiger partial charge in [-0.1, -0.05) is 36.4 Å². The fraction of sp³-hybridized carbons (Fsp3) is 0.316. The van der Waals surface area contributed by atoms with Crippen molar-refractivity contribution in [1.82, 2.24) is 0 Å². The quantitative estimate of drug-likeness (QED) is 0.857. The Labute approximate surface area is 135 Å². The van der Waals surface area contributed by atoms with Crippen molar-refractivity contribution in [3.05, 3.63) is 65.5 Å². The Kier molecular flexibility index (Phi) is 4.72. The lowest BCUT2D eigenvalue weighted by Gasteiger charge is -2.33. The second-order valence-electron chi connectivity index (χ2n) is 5.71. The van der Waals surface area contributed by atoms with Crippen LogP contribution in [0.3, 0.4) is 0 Å². The fourth-order valence-electron chi connectivity index (χ4n) is 3.11. The first-order chi connectivity index (χ1) is 11.2. The van der Waals surface area contributed by atoms with Crippen LogP contribution in [0.4, 0.5) is 10.1 Å². The van der Waals surface area contributed by atoms with Crippen LogP contribution in [0.25, 0.3) is 0 Å². The molecule has 0 radical (unpaired) electrons. The summed E-state index contributed by atoms with van der Waals surface area (Å²) in [4.78, 5) is 14.4. The number of carbonyl (C=O) groups excluding carboxylic acids is 1. The lowest BCUT2D eigenvalue weighted by molar-refractivity contribution is -0.118. The van der Waals surface area contributed by atoms with Crippen molar-refractivity contribution in [1.29, 1.82) is 0 Å². The molecule has 0 saturated heterocycles. The Morgan fingerprint density at radius 3 is 2.74 bits per heavy atom. The van der Waals surface area contributed by atoms with Crippen LogP contribution >= 0.6 is 0 Å². The first-order valence-corrected chi connectivity index (χ1v) is 7.86. The maximum absolute atomic E-state index is 13.7. The van der Waals surface area contributed by atoms with Gasteiger partial charge in [-0.3, -0.25) is 4.79 Å². The van der Waals surface area contributed by atoms with E-state index in [4.69, 9.17) is 4.74 Å². The number of ether oxygens (including phenoxy) is 1. The van der Waals surface area contributed by atoms with E-state index in [0.29, 0.717) is 24.9 Å². The standard InChI is InChI=1S/C19H20FNO2/c1-23-18-12-13-21(17-9-5-3-7-15(17)18)19(22)11-10-14-6-2-4-8-16(14)20/h2-9,18H,10-13H2,1H3. The second kappa shape index (κ2) is 6.92. The highest BCUT2D eigenvalue weighted by molar-refractivity contribution is 5.94. The predicted molar refractivity (Wildman–Crippen MR) is 87.9 cm³/mol. The Morgan fingerprint density at radius 2 is 1.96 bits per heavy atom. The molecule has 4 heteroatoms. The van der Waals surface area contributed by atoms with Gasteiger partial charge in [0.15, 0.2) is 0 Å². The number of methoxy groups -OCH3 is 1. The maximum atomic E-state index is 13.7. The molecule has 1 amide bonds. The van der Waals surface area contributed by atoms with Gasteiger partial charge >= 0.3 is 0 Å². The number of rotatable bonds is 4. The summed E-state index contributed by atoms with van der Waals surface area (Å²) < 4.78 is 19.2. The maximum Gasteiger partial charge on any atom is 0.227 e. The lowest BCUT2D eigenvalue weighted by atomic mass is 9.98. The van der Waals surface area contributed by atoms with Crippen molar-refractivity contribution < 1.29 is 13.9 Å². The molecule has 23 heavy (non-hydrogen) atoms. The van der Waals surface area contributed by atoms with E-state index in [0.717, 1.165) is 17.7 Å². The van der Waals surface area contributed by atoms with Gasteiger partial charge in [-0.05, 0) is 30.5 Å². The zero-order valence-corrected chi connectivity index (χ0v) is 13.2. The van der Waals surface area contributed by atoms with Crippen molar-refractivity contribution >= 4 is 11.6 Å². The minimum atomic E-state index is -0.251. The van der Waals surface area contributed by atoms with Crippen LogP contribution in [-0.4, -0.2) is 19.6 Å². The van der Waals surface area contributed by atoms with Gasteiger partial charge in [0, 0.05) is 31.3 Å². The van der Waals surface area contributed by atoms with Crippen LogP contribution in [-0.2, 0) is 16.0 Å². The number of nitrogens with zero attached hydrogens (tertiary/aromatic N) is 1. The van der Waals surface area contributed by atoms with E-state index in [2.05, 4.69) is 0 Å². The summed E-state index contributed by atoms with van der Waals surface area (Å²) >= 11 is 0. The number of carbonyl (C=O) groups is 1. The van der Waals surface area contributed by atoms with E-state index < -0.39 is 0 Å². The van der Waals surface area contributed by atoms with E-state index in [1.165, 1.54) is 6.07 Å². The summed E-state index contributed by atoms with van der Waals surface area (Å²) in [7, 11) is 1.69. The molecule has 1 unspecified atom stereocenters. The van der Waals surface area contributed by atoms with Crippen LogP contribution in [0.15, 0.2) is 48.5 Å². The number of hydrogen-bond acceptors (Lipinski definition) is 2. The molecule has 1 heterocycles. The summed E-state index contributed by atoms with van der Waals surface area (Å²) in [6, 6.07) is 14.4. The normalized spacial score (nSPS) is 17.0. The highest BCUT2D eigenvalue weighted by Gasteiger charge is 2.28. The summed E-state index contributed by atoms with van der Waals surface area (Å²) in [5, 5.41) is 0.